The summed E-state index contributed by atoms with van der Waals surface area (Å²) in [6, 6.07) is 19.4. The summed E-state index contributed by atoms with van der Waals surface area (Å²) in [6.45, 7) is 0. The van der Waals surface area contributed by atoms with Crippen LogP contribution in [0.2, 0.25) is 0 Å². The minimum absolute atomic E-state index is 0.00676. The van der Waals surface area contributed by atoms with Gasteiger partial charge in [0.25, 0.3) is 0 Å². The fraction of sp³-hybridized carbons (Fsp3) is 0.105. The molecule has 22 heavy (non-hydrogen) atoms. The van der Waals surface area contributed by atoms with Crippen LogP contribution in [0.1, 0.15) is 11.1 Å². The molecule has 1 aliphatic rings. The van der Waals surface area contributed by atoms with Crippen LogP contribution in [0.25, 0.3) is 12.2 Å². The van der Waals surface area contributed by atoms with Gasteiger partial charge in [-0.05, 0) is 34.5 Å². The first-order valence-electron chi connectivity index (χ1n) is 7.13. The molecule has 2 nitrogen and oxygen atoms in total. The van der Waals surface area contributed by atoms with Gasteiger partial charge in [-0.15, -0.1) is 0 Å². The second kappa shape index (κ2) is 6.77. The van der Waals surface area contributed by atoms with Crippen LogP contribution in [0.5, 0.6) is 0 Å². The minimum Gasteiger partial charge on any atom is -0.616 e. The number of ketones is 1. The Morgan fingerprint density at radius 2 is 1.18 bits per heavy atom. The highest BCUT2D eigenvalue weighted by Gasteiger charge is 2.29. The molecule has 3 heteroatoms. The van der Waals surface area contributed by atoms with Crippen molar-refractivity contribution in [1.82, 2.24) is 0 Å². The van der Waals surface area contributed by atoms with Gasteiger partial charge in [0.05, 0.1) is 0 Å². The van der Waals surface area contributed by atoms with Gasteiger partial charge in [0.1, 0.15) is 11.5 Å². The molecule has 1 fully saturated rings. The van der Waals surface area contributed by atoms with Crippen LogP contribution in [-0.2, 0) is 16.0 Å². The molecule has 0 aromatic heterocycles. The lowest BCUT2D eigenvalue weighted by Gasteiger charge is -2.20. The second-order valence-electron chi connectivity index (χ2n) is 5.22. The van der Waals surface area contributed by atoms with Crippen LogP contribution >= 0.6 is 0 Å². The number of Topliss-reactive ketones (excluding diaryl/α,β-unsaturated/α-hetero) is 1. The summed E-state index contributed by atoms with van der Waals surface area (Å²) in [4.78, 5) is 12.6. The molecule has 110 valence electrons. The van der Waals surface area contributed by atoms with Crippen molar-refractivity contribution in [2.75, 3.05) is 11.5 Å². The molecule has 0 spiro atoms. The predicted octanol–water partition coefficient (Wildman–Crippen LogP) is 3.49. The fourth-order valence-electron chi connectivity index (χ4n) is 2.45. The van der Waals surface area contributed by atoms with Gasteiger partial charge >= 0.3 is 0 Å². The zero-order chi connectivity index (χ0) is 15.4. The Hall–Kier alpha value is -2.10. The van der Waals surface area contributed by atoms with Gasteiger partial charge in [-0.3, -0.25) is 4.79 Å². The van der Waals surface area contributed by atoms with Crippen LogP contribution in [0.15, 0.2) is 71.8 Å². The Morgan fingerprint density at radius 1 is 0.773 bits per heavy atom. The number of hydrogen-bond acceptors (Lipinski definition) is 2. The third kappa shape index (κ3) is 3.56. The molecule has 1 saturated heterocycles. The number of hydrogen-bond donors (Lipinski definition) is 0. The monoisotopic (exact) mass is 308 g/mol. The summed E-state index contributed by atoms with van der Waals surface area (Å²) in [6.07, 6.45) is 3.69. The van der Waals surface area contributed by atoms with Gasteiger partial charge < -0.3 is 4.55 Å². The highest BCUT2D eigenvalue weighted by Crippen LogP contribution is 2.23. The van der Waals surface area contributed by atoms with Crippen molar-refractivity contribution < 1.29 is 9.35 Å². The largest absolute Gasteiger partial charge is 0.616 e. The topological polar surface area (TPSA) is 40.1 Å². The molecule has 3 rings (SSSR count). The Morgan fingerprint density at radius 3 is 1.59 bits per heavy atom. The van der Waals surface area contributed by atoms with E-state index in [-0.39, 0.29) is 5.78 Å². The fourth-order valence-corrected chi connectivity index (χ4v) is 3.68. The van der Waals surface area contributed by atoms with Crippen LogP contribution < -0.4 is 0 Å². The van der Waals surface area contributed by atoms with Gasteiger partial charge in [-0.2, -0.15) is 0 Å². The van der Waals surface area contributed by atoms with Crippen molar-refractivity contribution in [3.05, 3.63) is 82.9 Å². The molecule has 0 saturated carbocycles. The first-order valence-corrected chi connectivity index (χ1v) is 8.62. The van der Waals surface area contributed by atoms with Crippen molar-refractivity contribution in [2.24, 2.45) is 0 Å². The van der Waals surface area contributed by atoms with Gasteiger partial charge in [0.2, 0.25) is 0 Å². The Labute approximate surface area is 133 Å². The van der Waals surface area contributed by atoms with E-state index in [0.29, 0.717) is 22.7 Å². The second-order valence-corrected chi connectivity index (χ2v) is 6.68. The zero-order valence-electron chi connectivity index (χ0n) is 12.1. The van der Waals surface area contributed by atoms with Crippen LogP contribution in [0, 0.1) is 0 Å². The molecule has 0 atom stereocenters. The van der Waals surface area contributed by atoms with E-state index in [9.17, 15) is 9.35 Å². The van der Waals surface area contributed by atoms with Gasteiger partial charge in [-0.1, -0.05) is 60.7 Å². The van der Waals surface area contributed by atoms with Gasteiger partial charge in [0.15, 0.2) is 5.78 Å². The molecule has 2 aromatic carbocycles. The summed E-state index contributed by atoms with van der Waals surface area (Å²) < 4.78 is 12.1. The minimum atomic E-state index is -1.03. The molecule has 0 amide bonds. The Kier molecular flexibility index (Phi) is 4.56. The average Bonchev–Trinajstić information content (AvgIpc) is 2.54. The first kappa shape index (κ1) is 14.8. The van der Waals surface area contributed by atoms with E-state index in [1.54, 1.807) is 0 Å². The molecule has 2 aromatic rings. The van der Waals surface area contributed by atoms with Crippen LogP contribution in [0.4, 0.5) is 0 Å². The first-order chi connectivity index (χ1) is 10.7. The molecular weight excluding hydrogens is 292 g/mol. The van der Waals surface area contributed by atoms with Crippen LogP contribution in [0.3, 0.4) is 0 Å². The summed E-state index contributed by atoms with van der Waals surface area (Å²) in [5.74, 6) is 0.673. The van der Waals surface area contributed by atoms with E-state index >= 15 is 0 Å². The smallest absolute Gasteiger partial charge is 0.194 e. The van der Waals surface area contributed by atoms with Crippen molar-refractivity contribution in [2.45, 2.75) is 0 Å². The SMILES string of the molecule is O=C1C(=Cc2ccccc2)C[S+]([O-])CC1=Cc1ccccc1. The highest BCUT2D eigenvalue weighted by molar-refractivity contribution is 7.92. The quantitative estimate of drug-likeness (QED) is 0.629. The third-order valence-corrected chi connectivity index (χ3v) is 4.76. The third-order valence-electron chi connectivity index (χ3n) is 3.50. The molecule has 1 aliphatic heterocycles. The normalized spacial score (nSPS) is 22.2. The number of benzene rings is 2. The number of carbonyl (C=O) groups is 1. The summed E-state index contributed by atoms with van der Waals surface area (Å²) >= 11 is -1.03. The van der Waals surface area contributed by atoms with E-state index in [1.807, 2.05) is 72.8 Å². The lowest BCUT2D eigenvalue weighted by molar-refractivity contribution is -0.112. The van der Waals surface area contributed by atoms with Crippen molar-refractivity contribution in [3.63, 3.8) is 0 Å². The maximum absolute atomic E-state index is 12.6. The Bertz CT molecular complexity index is 656. The maximum atomic E-state index is 12.6. The van der Waals surface area contributed by atoms with Crippen molar-refractivity contribution in [3.8, 4) is 0 Å². The lowest BCUT2D eigenvalue weighted by Crippen LogP contribution is -2.28. The van der Waals surface area contributed by atoms with E-state index in [2.05, 4.69) is 0 Å². The summed E-state index contributed by atoms with van der Waals surface area (Å²) in [7, 11) is 0. The van der Waals surface area contributed by atoms with Crippen LogP contribution in [-0.4, -0.2) is 21.8 Å². The number of rotatable bonds is 2. The predicted molar refractivity (Wildman–Crippen MR) is 91.7 cm³/mol. The molecule has 0 aliphatic carbocycles. The lowest BCUT2D eigenvalue weighted by atomic mass is 10.0. The zero-order valence-corrected chi connectivity index (χ0v) is 12.9. The van der Waals surface area contributed by atoms with Gasteiger partial charge in [-0.25, -0.2) is 0 Å². The summed E-state index contributed by atoms with van der Waals surface area (Å²) in [5.41, 5.74) is 3.17. The maximum Gasteiger partial charge on any atom is 0.194 e. The van der Waals surface area contributed by atoms with Crippen molar-refractivity contribution >= 4 is 29.1 Å². The standard InChI is InChI=1S/C19H16O2S/c20-19-17(11-15-7-3-1-4-8-15)13-22(21)14-18(19)12-16-9-5-2-6-10-16/h1-12H,13-14H2. The summed E-state index contributed by atoms with van der Waals surface area (Å²) in [5, 5.41) is 0. The molecule has 0 N–H and O–H groups in total. The van der Waals surface area contributed by atoms with Gasteiger partial charge in [0, 0.05) is 11.1 Å². The van der Waals surface area contributed by atoms with E-state index in [4.69, 9.17) is 0 Å². The van der Waals surface area contributed by atoms with E-state index in [1.165, 1.54) is 0 Å². The molecular formula is C19H16O2S. The number of carbonyl (C=O) groups excluding carboxylic acids is 1. The molecule has 0 radical (unpaired) electrons. The highest BCUT2D eigenvalue weighted by atomic mass is 32.2. The van der Waals surface area contributed by atoms with E-state index in [0.717, 1.165) is 11.1 Å². The molecule has 1 heterocycles. The van der Waals surface area contributed by atoms with Crippen molar-refractivity contribution in [1.29, 1.82) is 0 Å². The average molecular weight is 308 g/mol. The molecule has 0 bridgehead atoms. The Balaban J connectivity index is 1.92. The molecule has 0 unspecified atom stereocenters. The van der Waals surface area contributed by atoms with E-state index < -0.39 is 11.2 Å².